The second-order valence-electron chi connectivity index (χ2n) is 17.0. The third-order valence-electron chi connectivity index (χ3n) is 13.4. The first-order chi connectivity index (χ1) is 30.2. The van der Waals surface area contributed by atoms with Crippen molar-refractivity contribution < 1.29 is 38.5 Å². The van der Waals surface area contributed by atoms with E-state index in [1.54, 1.807) is 0 Å². The molecule has 16 heteroatoms. The Morgan fingerprint density at radius 3 is 2.05 bits per heavy atom. The summed E-state index contributed by atoms with van der Waals surface area (Å²) in [6.07, 6.45) is 5.97. The minimum Gasteiger partial charge on any atom is -0.465 e. The number of fused-ring (bicyclic) bond motifs is 2. The number of rotatable bonds is 10. The van der Waals surface area contributed by atoms with Crippen LogP contribution in [-0.4, -0.2) is 130 Å². The Balaban J connectivity index is 0.905. The molecule has 4 amide bonds. The van der Waals surface area contributed by atoms with E-state index in [0.717, 1.165) is 75.7 Å². The summed E-state index contributed by atoms with van der Waals surface area (Å²) in [4.78, 5) is 74.2. The van der Waals surface area contributed by atoms with Gasteiger partial charge in [-0.15, -0.1) is 0 Å². The van der Waals surface area contributed by atoms with E-state index >= 15 is 0 Å². The van der Waals surface area contributed by atoms with Crippen LogP contribution in [0.4, 0.5) is 9.59 Å². The van der Waals surface area contributed by atoms with Gasteiger partial charge in [-0.1, -0.05) is 30.3 Å². The Morgan fingerprint density at radius 2 is 1.37 bits per heavy atom. The Morgan fingerprint density at radius 1 is 0.774 bits per heavy atom. The molecule has 0 aliphatic carbocycles. The Labute approximate surface area is 359 Å². The lowest BCUT2D eigenvalue weighted by atomic mass is 9.89. The maximum atomic E-state index is 14.1. The quantitative estimate of drug-likeness (QED) is 0.118. The fourth-order valence-corrected chi connectivity index (χ4v) is 10.0. The zero-order valence-corrected chi connectivity index (χ0v) is 35.2. The summed E-state index contributed by atoms with van der Waals surface area (Å²) >= 11 is 0. The highest BCUT2D eigenvalue weighted by atomic mass is 16.5. The molecule has 4 saturated heterocycles. The van der Waals surface area contributed by atoms with E-state index in [2.05, 4.69) is 63.8 Å². The van der Waals surface area contributed by atoms with E-state index in [9.17, 15) is 24.3 Å². The van der Waals surface area contributed by atoms with E-state index < -0.39 is 24.3 Å². The SMILES string of the molecule is COC(=O)N[C@H](C(=O)N1CCC[C@H]1c1nc2cc(-c3ccc4cc(-c5c[nH]c([C@@H]6CCCN6C(=O)[C@H](C6CCOCC6)N(C)C(=O)O)n5)ccc4c3)ccc2[nH]1)C1CCOCC1. The number of imidazole rings is 2. The molecule has 4 aliphatic rings. The second-order valence-corrected chi connectivity index (χ2v) is 17.0. The molecular weight excluding hydrogens is 793 g/mol. The van der Waals surface area contributed by atoms with Gasteiger partial charge in [0, 0.05) is 58.3 Å². The monoisotopic (exact) mass is 846 g/mol. The highest BCUT2D eigenvalue weighted by molar-refractivity contribution is 5.92. The number of methoxy groups -OCH3 is 1. The number of benzene rings is 3. The standard InChI is InChI=1S/C46H54N8O8/c1-52(46(58)59)40(28-15-21-62-22-16-28)44(56)54-18-3-5-37(54)41-47-26-36(50-41)33-10-9-29-23-30(7-8-31(29)24-33)32-11-12-34-35(25-32)49-42(48-34)38-6-4-17-53(38)43(55)39(51-45(57)60-2)27-13-19-61-20-14-27/h7-12,23-28,37-40H,3-6,13-22H2,1-2H3,(H,47,50)(H,48,49)(H,51,57)(H,58,59)/t37-,38-,39-,40-/m0/s1. The number of carbonyl (C=O) groups excluding carboxylic acids is 3. The fourth-order valence-electron chi connectivity index (χ4n) is 10.0. The van der Waals surface area contributed by atoms with Crippen molar-refractivity contribution in [3.63, 3.8) is 0 Å². The van der Waals surface area contributed by atoms with Gasteiger partial charge in [-0.05, 0) is 109 Å². The topological polar surface area (TPSA) is 195 Å². The predicted molar refractivity (Wildman–Crippen MR) is 230 cm³/mol. The number of alkyl carbamates (subject to hydrolysis) is 1. The van der Waals surface area contributed by atoms with Crippen LogP contribution in [0.15, 0.2) is 60.8 Å². The number of H-pyrrole nitrogens is 2. The van der Waals surface area contributed by atoms with Gasteiger partial charge in [0.15, 0.2) is 0 Å². The van der Waals surface area contributed by atoms with Crippen molar-refractivity contribution in [3.05, 3.63) is 72.4 Å². The lowest BCUT2D eigenvalue weighted by Crippen LogP contribution is -2.53. The summed E-state index contributed by atoms with van der Waals surface area (Å²) in [7, 11) is 2.80. The minimum atomic E-state index is -1.11. The van der Waals surface area contributed by atoms with Gasteiger partial charge in [0.1, 0.15) is 23.7 Å². The van der Waals surface area contributed by atoms with Crippen LogP contribution < -0.4 is 5.32 Å². The van der Waals surface area contributed by atoms with E-state index in [-0.39, 0.29) is 35.7 Å². The number of carbonyl (C=O) groups is 4. The highest BCUT2D eigenvalue weighted by Crippen LogP contribution is 2.37. The molecule has 4 atom stereocenters. The number of nitrogens with zero attached hydrogens (tertiary/aromatic N) is 5. The summed E-state index contributed by atoms with van der Waals surface area (Å²) in [5.41, 5.74) is 5.48. The number of ether oxygens (including phenoxy) is 3. The Kier molecular flexibility index (Phi) is 11.9. The number of aromatic amines is 2. The van der Waals surface area contributed by atoms with Gasteiger partial charge < -0.3 is 44.4 Å². The van der Waals surface area contributed by atoms with Crippen molar-refractivity contribution >= 4 is 45.8 Å². The first kappa shape index (κ1) is 41.4. The smallest absolute Gasteiger partial charge is 0.407 e. The molecule has 5 aromatic rings. The molecular formula is C46H54N8O8. The molecule has 6 heterocycles. The molecule has 4 N–H and O–H groups in total. The third-order valence-corrected chi connectivity index (χ3v) is 13.4. The first-order valence-electron chi connectivity index (χ1n) is 21.8. The van der Waals surface area contributed by atoms with Crippen molar-refractivity contribution in [1.82, 2.24) is 40.0 Å². The van der Waals surface area contributed by atoms with Crippen LogP contribution in [0.2, 0.25) is 0 Å². The number of likely N-dealkylation sites (tertiary alicyclic amines) is 2. The van der Waals surface area contributed by atoms with E-state index in [1.807, 2.05) is 22.1 Å². The molecule has 4 fully saturated rings. The average molecular weight is 847 g/mol. The molecule has 0 bridgehead atoms. The number of nitrogens with one attached hydrogen (secondary N) is 3. The molecule has 326 valence electrons. The number of hydrogen-bond acceptors (Lipinski definition) is 9. The van der Waals surface area contributed by atoms with Crippen LogP contribution in [0.25, 0.3) is 44.2 Å². The average Bonchev–Trinajstić information content (AvgIpc) is 4.15. The molecule has 4 aliphatic heterocycles. The van der Waals surface area contributed by atoms with Crippen LogP contribution in [0.3, 0.4) is 0 Å². The van der Waals surface area contributed by atoms with Crippen molar-refractivity contribution in [2.75, 3.05) is 53.7 Å². The predicted octanol–water partition coefficient (Wildman–Crippen LogP) is 6.66. The maximum absolute atomic E-state index is 14.1. The summed E-state index contributed by atoms with van der Waals surface area (Å²) in [5.74, 6) is 1.00. The summed E-state index contributed by atoms with van der Waals surface area (Å²) in [5, 5.41) is 14.8. The van der Waals surface area contributed by atoms with Crippen LogP contribution in [0.5, 0.6) is 0 Å². The van der Waals surface area contributed by atoms with Gasteiger partial charge >= 0.3 is 12.2 Å². The van der Waals surface area contributed by atoms with Crippen LogP contribution in [0, 0.1) is 11.8 Å². The molecule has 0 spiro atoms. The molecule has 0 saturated carbocycles. The summed E-state index contributed by atoms with van der Waals surface area (Å²) in [6.45, 7) is 3.28. The Hall–Kier alpha value is -6.00. The van der Waals surface area contributed by atoms with Crippen LogP contribution >= 0.6 is 0 Å². The summed E-state index contributed by atoms with van der Waals surface area (Å²) < 4.78 is 15.9. The molecule has 62 heavy (non-hydrogen) atoms. The van der Waals surface area contributed by atoms with E-state index in [4.69, 9.17) is 24.2 Å². The first-order valence-corrected chi connectivity index (χ1v) is 21.8. The van der Waals surface area contributed by atoms with Gasteiger partial charge in [0.05, 0.1) is 35.9 Å². The van der Waals surface area contributed by atoms with Gasteiger partial charge in [-0.25, -0.2) is 19.6 Å². The second kappa shape index (κ2) is 17.8. The van der Waals surface area contributed by atoms with Crippen LogP contribution in [0.1, 0.15) is 75.1 Å². The number of carboxylic acid groups (broad SMARTS) is 1. The van der Waals surface area contributed by atoms with Gasteiger partial charge in [0.2, 0.25) is 11.8 Å². The van der Waals surface area contributed by atoms with Crippen LogP contribution in [-0.2, 0) is 23.8 Å². The van der Waals surface area contributed by atoms with E-state index in [1.165, 1.54) is 19.1 Å². The number of likely N-dealkylation sites (N-methyl/N-ethyl adjacent to an activating group) is 1. The molecule has 3 aromatic carbocycles. The Bertz CT molecular complexity index is 2460. The summed E-state index contributed by atoms with van der Waals surface area (Å²) in [6, 6.07) is 16.8. The van der Waals surface area contributed by atoms with Crippen molar-refractivity contribution in [2.24, 2.45) is 11.8 Å². The van der Waals surface area contributed by atoms with Gasteiger partial charge in [-0.3, -0.25) is 14.5 Å². The molecule has 2 aromatic heterocycles. The number of hydrogen-bond donors (Lipinski definition) is 4. The third kappa shape index (κ3) is 8.20. The highest BCUT2D eigenvalue weighted by Gasteiger charge is 2.43. The van der Waals surface area contributed by atoms with Crippen molar-refractivity contribution in [2.45, 2.75) is 75.5 Å². The zero-order chi connectivity index (χ0) is 42.9. The maximum Gasteiger partial charge on any atom is 0.407 e. The molecule has 9 rings (SSSR count). The van der Waals surface area contributed by atoms with Gasteiger partial charge in [0.25, 0.3) is 0 Å². The molecule has 16 nitrogen and oxygen atoms in total. The lowest BCUT2D eigenvalue weighted by molar-refractivity contribution is -0.140. The van der Waals surface area contributed by atoms with Gasteiger partial charge in [-0.2, -0.15) is 0 Å². The molecule has 0 unspecified atom stereocenters. The van der Waals surface area contributed by atoms with E-state index in [0.29, 0.717) is 71.0 Å². The number of aromatic nitrogens is 4. The fraction of sp³-hybridized carbons (Fsp3) is 0.478. The van der Waals surface area contributed by atoms with Crippen molar-refractivity contribution in [3.8, 4) is 22.4 Å². The lowest BCUT2D eigenvalue weighted by Gasteiger charge is -2.37. The van der Waals surface area contributed by atoms with Crippen molar-refractivity contribution in [1.29, 1.82) is 0 Å². The largest absolute Gasteiger partial charge is 0.465 e. The zero-order valence-electron chi connectivity index (χ0n) is 35.2. The number of amides is 4. The minimum absolute atomic E-state index is 0.0363. The normalized spacial score (nSPS) is 21.0. The molecule has 0 radical (unpaired) electrons.